The Balaban J connectivity index is 2.28. The second-order valence-electron chi connectivity index (χ2n) is 6.67. The molecule has 29 heavy (non-hydrogen) atoms. The van der Waals surface area contributed by atoms with Gasteiger partial charge in [-0.3, -0.25) is 9.10 Å². The Morgan fingerprint density at radius 1 is 1.10 bits per heavy atom. The van der Waals surface area contributed by atoms with Crippen molar-refractivity contribution in [3.63, 3.8) is 0 Å². The highest BCUT2D eigenvalue weighted by atomic mass is 35.5. The maximum Gasteiger partial charge on any atom is 0.417 e. The van der Waals surface area contributed by atoms with Crippen LogP contribution in [0.25, 0.3) is 0 Å². The second-order valence-corrected chi connectivity index (χ2v) is 8.98. The zero-order valence-electron chi connectivity index (χ0n) is 16.0. The van der Waals surface area contributed by atoms with Crippen molar-refractivity contribution in [3.8, 4) is 0 Å². The normalized spacial score (nSPS) is 12.0. The van der Waals surface area contributed by atoms with Crippen LogP contribution in [0.3, 0.4) is 0 Å². The molecule has 0 N–H and O–H groups in total. The number of amides is 1. The summed E-state index contributed by atoms with van der Waals surface area (Å²) in [6.07, 6.45) is -3.94. The Morgan fingerprint density at radius 2 is 1.69 bits per heavy atom. The molecule has 0 heterocycles. The molecule has 0 aliphatic carbocycles. The van der Waals surface area contributed by atoms with E-state index in [1.54, 1.807) is 0 Å². The summed E-state index contributed by atoms with van der Waals surface area (Å²) in [5.74, 6) is -0.570. The number of anilines is 1. The molecule has 0 unspecified atom stereocenters. The minimum atomic E-state index is -4.76. The number of carbonyl (C=O) groups excluding carboxylic acids is 1. The van der Waals surface area contributed by atoms with Gasteiger partial charge in [0, 0.05) is 13.6 Å². The van der Waals surface area contributed by atoms with Crippen LogP contribution in [0, 0.1) is 6.92 Å². The van der Waals surface area contributed by atoms with E-state index in [4.69, 9.17) is 11.6 Å². The molecule has 2 aromatic carbocycles. The quantitative estimate of drug-likeness (QED) is 0.668. The zero-order chi connectivity index (χ0) is 22.0. The maximum absolute atomic E-state index is 13.1. The molecule has 0 atom stereocenters. The Bertz CT molecular complexity index is 993. The first kappa shape index (κ1) is 23.0. The van der Waals surface area contributed by atoms with Crippen molar-refractivity contribution >= 4 is 33.2 Å². The first-order valence-electron chi connectivity index (χ1n) is 8.43. The molecule has 0 saturated carbocycles. The molecule has 158 valence electrons. The molecule has 0 saturated heterocycles. The molecule has 2 aromatic rings. The van der Waals surface area contributed by atoms with Crippen molar-refractivity contribution in [3.05, 3.63) is 64.2 Å². The minimum Gasteiger partial charge on any atom is -0.340 e. The number of alkyl halides is 3. The van der Waals surface area contributed by atoms with Crippen LogP contribution in [-0.4, -0.2) is 39.1 Å². The van der Waals surface area contributed by atoms with Gasteiger partial charge in [0.1, 0.15) is 6.54 Å². The summed E-state index contributed by atoms with van der Waals surface area (Å²) in [6, 6.07) is 10.1. The topological polar surface area (TPSA) is 57.7 Å². The molecule has 1 amide bonds. The lowest BCUT2D eigenvalue weighted by Gasteiger charge is -2.26. The van der Waals surface area contributed by atoms with Crippen molar-refractivity contribution < 1.29 is 26.4 Å². The third-order valence-electron chi connectivity index (χ3n) is 4.19. The van der Waals surface area contributed by atoms with Crippen molar-refractivity contribution in [1.29, 1.82) is 0 Å². The van der Waals surface area contributed by atoms with E-state index in [0.29, 0.717) is 10.4 Å². The monoisotopic (exact) mass is 448 g/mol. The number of carbonyl (C=O) groups is 1. The zero-order valence-corrected chi connectivity index (χ0v) is 17.6. The lowest BCUT2D eigenvalue weighted by molar-refractivity contribution is -0.137. The van der Waals surface area contributed by atoms with Gasteiger partial charge in [-0.25, -0.2) is 8.42 Å². The summed E-state index contributed by atoms with van der Waals surface area (Å²) in [7, 11) is -2.53. The van der Waals surface area contributed by atoms with Crippen LogP contribution >= 0.6 is 11.6 Å². The van der Waals surface area contributed by atoms with E-state index in [1.165, 1.54) is 11.9 Å². The molecule has 10 heteroatoms. The number of rotatable bonds is 6. The fourth-order valence-electron chi connectivity index (χ4n) is 2.58. The first-order valence-corrected chi connectivity index (χ1v) is 10.7. The average Bonchev–Trinajstić information content (AvgIpc) is 2.60. The largest absolute Gasteiger partial charge is 0.417 e. The van der Waals surface area contributed by atoms with Gasteiger partial charge in [0.05, 0.1) is 22.5 Å². The summed E-state index contributed by atoms with van der Waals surface area (Å²) >= 11 is 5.59. The second kappa shape index (κ2) is 8.62. The fourth-order valence-corrected chi connectivity index (χ4v) is 3.65. The van der Waals surface area contributed by atoms with Crippen LogP contribution < -0.4 is 4.31 Å². The highest BCUT2D eigenvalue weighted by Gasteiger charge is 2.34. The van der Waals surface area contributed by atoms with E-state index in [0.717, 1.165) is 29.5 Å². The average molecular weight is 449 g/mol. The van der Waals surface area contributed by atoms with Gasteiger partial charge in [-0.05, 0) is 30.7 Å². The highest BCUT2D eigenvalue weighted by molar-refractivity contribution is 7.92. The predicted molar refractivity (Wildman–Crippen MR) is 106 cm³/mol. The number of hydrogen-bond acceptors (Lipinski definition) is 3. The van der Waals surface area contributed by atoms with E-state index >= 15 is 0 Å². The van der Waals surface area contributed by atoms with Crippen molar-refractivity contribution in [2.75, 3.05) is 24.2 Å². The molecule has 0 fully saturated rings. The number of hydrogen-bond donors (Lipinski definition) is 0. The fraction of sp³-hybridized carbons (Fsp3) is 0.316. The number of likely N-dealkylation sites (N-methyl/N-ethyl adjacent to an activating group) is 1. The Labute approximate surface area is 172 Å². The third kappa shape index (κ3) is 6.11. The van der Waals surface area contributed by atoms with Crippen molar-refractivity contribution in [2.45, 2.75) is 19.6 Å². The summed E-state index contributed by atoms with van der Waals surface area (Å²) in [5.41, 5.74) is 0.421. The number of sulfonamides is 1. The van der Waals surface area contributed by atoms with Gasteiger partial charge in [0.25, 0.3) is 0 Å². The van der Waals surface area contributed by atoms with Crippen LogP contribution in [-0.2, 0) is 27.5 Å². The smallest absolute Gasteiger partial charge is 0.340 e. The van der Waals surface area contributed by atoms with Crippen LogP contribution in [0.1, 0.15) is 16.7 Å². The molecule has 0 bridgehead atoms. The summed E-state index contributed by atoms with van der Waals surface area (Å²) in [6.45, 7) is 1.51. The van der Waals surface area contributed by atoms with E-state index in [1.807, 2.05) is 31.2 Å². The van der Waals surface area contributed by atoms with Gasteiger partial charge in [0.15, 0.2) is 0 Å². The molecule has 2 rings (SSSR count). The van der Waals surface area contributed by atoms with Crippen molar-refractivity contribution in [2.24, 2.45) is 0 Å². The predicted octanol–water partition coefficient (Wildman–Crippen LogP) is 4.09. The molecule has 0 aliphatic heterocycles. The van der Waals surface area contributed by atoms with Crippen LogP contribution in [0.4, 0.5) is 18.9 Å². The number of nitrogens with zero attached hydrogens (tertiary/aromatic N) is 2. The lowest BCUT2D eigenvalue weighted by atomic mass is 10.1. The number of aryl methyl sites for hydroxylation is 1. The number of halogens is 4. The Kier molecular flexibility index (Phi) is 6.85. The molecular formula is C19H20ClF3N2O3S. The molecular weight excluding hydrogens is 429 g/mol. The van der Waals surface area contributed by atoms with Crippen LogP contribution in [0.2, 0.25) is 5.02 Å². The third-order valence-corrected chi connectivity index (χ3v) is 5.66. The highest BCUT2D eigenvalue weighted by Crippen LogP contribution is 2.37. The molecule has 0 spiro atoms. The minimum absolute atomic E-state index is 0.227. The first-order chi connectivity index (χ1) is 13.3. The summed E-state index contributed by atoms with van der Waals surface area (Å²) < 4.78 is 64.3. The van der Waals surface area contributed by atoms with Crippen LogP contribution in [0.15, 0.2) is 42.5 Å². The van der Waals surface area contributed by atoms with E-state index in [9.17, 15) is 26.4 Å². The Hall–Kier alpha value is -2.26. The molecule has 0 aromatic heterocycles. The van der Waals surface area contributed by atoms with Gasteiger partial charge in [-0.1, -0.05) is 41.4 Å². The SMILES string of the molecule is Cc1ccc(CN(C)C(=O)CN(c2ccc(Cl)c(C(F)(F)F)c2)S(C)(=O)=O)cc1. The lowest BCUT2D eigenvalue weighted by Crippen LogP contribution is -2.41. The van der Waals surface area contributed by atoms with Gasteiger partial charge in [-0.15, -0.1) is 0 Å². The van der Waals surface area contributed by atoms with Gasteiger partial charge < -0.3 is 4.90 Å². The van der Waals surface area contributed by atoms with E-state index in [-0.39, 0.29) is 12.2 Å². The molecule has 5 nitrogen and oxygen atoms in total. The number of benzene rings is 2. The maximum atomic E-state index is 13.1. The van der Waals surface area contributed by atoms with Gasteiger partial charge >= 0.3 is 6.18 Å². The van der Waals surface area contributed by atoms with Crippen molar-refractivity contribution in [1.82, 2.24) is 4.90 Å². The van der Waals surface area contributed by atoms with Crippen LogP contribution in [0.5, 0.6) is 0 Å². The Morgan fingerprint density at radius 3 is 2.21 bits per heavy atom. The van der Waals surface area contributed by atoms with E-state index in [2.05, 4.69) is 0 Å². The van der Waals surface area contributed by atoms with Gasteiger partial charge in [-0.2, -0.15) is 13.2 Å². The standard InChI is InChI=1S/C19H20ClF3N2O3S/c1-13-4-6-14(7-5-13)11-24(2)18(26)12-25(29(3,27)28)15-8-9-17(20)16(10-15)19(21,22)23/h4-10H,11-12H2,1-3H3. The van der Waals surface area contributed by atoms with Gasteiger partial charge in [0.2, 0.25) is 15.9 Å². The summed E-state index contributed by atoms with van der Waals surface area (Å²) in [5, 5.41) is -0.558. The van der Waals surface area contributed by atoms with E-state index < -0.39 is 39.2 Å². The molecule has 0 radical (unpaired) electrons. The summed E-state index contributed by atoms with van der Waals surface area (Å²) in [4.78, 5) is 13.9. The molecule has 0 aliphatic rings.